The Balaban J connectivity index is -0.0000000732. The SMILES string of the molecule is CC.CC(C)C.CCC.CCC(C)C.CCCC.CCCCC.[2H]C(C)(C)C.[2H]C([2H])(C)C1CCCC1.[2H]C([2H])(C)C1CCCCC1.[2H]C([2H])(C)CC. The van der Waals surface area contributed by atoms with Gasteiger partial charge in [-0.2, -0.15) is 0 Å². The largest absolute Gasteiger partial charge is 0.0683 e. The fourth-order valence-corrected chi connectivity index (χ4v) is 2.96. The van der Waals surface area contributed by atoms with Crippen molar-refractivity contribution in [3.63, 3.8) is 0 Å². The van der Waals surface area contributed by atoms with Crippen molar-refractivity contribution in [2.24, 2.45) is 29.6 Å². The van der Waals surface area contributed by atoms with Crippen LogP contribution in [0, 0.1) is 29.6 Å². The molecule has 0 heteroatoms. The molecule has 2 saturated carbocycles. The standard InChI is InChI=1S/C8H16.C7H14.2C5H12.4C4H10.C3H8.C2H6/c1-2-8-6-4-3-5-7-8;1-2-7-5-3-4-6-7;1-4-5(2)3;1-3-5-4-2;2*1-4(2)3;2*1-3-4-2;1-3-2;1-2/h8H,2-7H2,1H3;7H,2-6H2,1H3;5H,4H2,1-3H3;3-5H2,1-2H3;2*4H,1-3H3;2*3-4H2,1-2H3;3H2,1-2H3;1-2H3/i2*2D2;;;4D;;3D2;;;. The Morgan fingerprint density at radius 3 is 0.804 bits per heavy atom. The summed E-state index contributed by atoms with van der Waals surface area (Å²) in [5, 5.41) is 0. The molecule has 0 saturated heterocycles. The molecule has 0 nitrogen and oxygen atoms in total. The van der Waals surface area contributed by atoms with Gasteiger partial charge < -0.3 is 0 Å². The van der Waals surface area contributed by atoms with Crippen molar-refractivity contribution in [3.05, 3.63) is 0 Å². The molecule has 46 heavy (non-hydrogen) atoms. The van der Waals surface area contributed by atoms with Gasteiger partial charge in [0.15, 0.2) is 0 Å². The number of rotatable bonds is 7. The van der Waals surface area contributed by atoms with Crippen molar-refractivity contribution >= 4 is 0 Å². The van der Waals surface area contributed by atoms with Crippen molar-refractivity contribution in [1.29, 1.82) is 0 Å². The van der Waals surface area contributed by atoms with Crippen LogP contribution in [0.5, 0.6) is 0 Å². The summed E-state index contributed by atoms with van der Waals surface area (Å²) in [6, 6.07) is 0. The third-order valence-electron chi connectivity index (χ3n) is 6.15. The van der Waals surface area contributed by atoms with E-state index in [1.54, 1.807) is 20.8 Å². The molecule has 0 unspecified atom stereocenters. The molecule has 2 aliphatic carbocycles. The molecule has 0 atom stereocenters. The zero-order valence-corrected chi connectivity index (χ0v) is 37.3. The van der Waals surface area contributed by atoms with Crippen LogP contribution >= 0.6 is 0 Å². The summed E-state index contributed by atoms with van der Waals surface area (Å²) in [6.45, 7) is 42.6. The summed E-state index contributed by atoms with van der Waals surface area (Å²) in [5.74, 6) is 2.15. The first-order valence-corrected chi connectivity index (χ1v) is 20.5. The van der Waals surface area contributed by atoms with Crippen molar-refractivity contribution in [3.8, 4) is 0 Å². The first kappa shape index (κ1) is 46.0. The van der Waals surface area contributed by atoms with Crippen LogP contribution in [0.3, 0.4) is 0 Å². The molecule has 0 radical (unpaired) electrons. The van der Waals surface area contributed by atoms with E-state index in [4.69, 9.17) is 9.60 Å². The Bertz CT molecular complexity index is 570. The minimum Gasteiger partial charge on any atom is -0.0683 e. The van der Waals surface area contributed by atoms with Gasteiger partial charge in [0.1, 0.15) is 0 Å². The van der Waals surface area contributed by atoms with Gasteiger partial charge in [0.2, 0.25) is 0 Å². The van der Waals surface area contributed by atoms with E-state index in [9.17, 15) is 0 Å². The normalized spacial score (nSPS) is 16.5. The van der Waals surface area contributed by atoms with E-state index in [1.807, 2.05) is 41.5 Å². The minimum absolute atomic E-state index is 0.250. The first-order chi connectivity index (χ1) is 24.0. The van der Waals surface area contributed by atoms with Crippen LogP contribution in [0.25, 0.3) is 0 Å². The highest BCUT2D eigenvalue weighted by Gasteiger charge is 2.11. The van der Waals surface area contributed by atoms with Crippen molar-refractivity contribution in [1.82, 2.24) is 0 Å². The molecular weight excluding hydrogens is 553 g/mol. The summed E-state index contributed by atoms with van der Waals surface area (Å²) < 4.78 is 50.4. The molecule has 2 rings (SSSR count). The smallest absolute Gasteiger partial charge is 0.0294 e. The van der Waals surface area contributed by atoms with E-state index in [0.29, 0.717) is 18.3 Å². The van der Waals surface area contributed by atoms with E-state index >= 15 is 0 Å². The molecule has 0 heterocycles. The van der Waals surface area contributed by atoms with Gasteiger partial charge in [-0.3, -0.25) is 0 Å². The monoisotopic (exact) mass is 668 g/mol. The number of hydrogen-bond donors (Lipinski definition) is 0. The fraction of sp³-hybridized carbons (Fsp3) is 1.00. The van der Waals surface area contributed by atoms with Crippen LogP contribution in [0.15, 0.2) is 0 Å². The number of hydrogen-bond acceptors (Lipinski definition) is 0. The molecule has 292 valence electrons. The van der Waals surface area contributed by atoms with Crippen molar-refractivity contribution in [2.75, 3.05) is 0 Å². The predicted octanol–water partition coefficient (Wildman–Crippen LogP) is 19.2. The maximum atomic E-state index is 7.49. The van der Waals surface area contributed by atoms with Crippen molar-refractivity contribution < 1.29 is 9.60 Å². The average Bonchev–Trinajstić information content (AvgIpc) is 3.59. The quantitative estimate of drug-likeness (QED) is 0.253. The highest BCUT2D eigenvalue weighted by Crippen LogP contribution is 2.26. The minimum atomic E-state index is -0.958. The third-order valence-corrected chi connectivity index (χ3v) is 6.15. The van der Waals surface area contributed by atoms with E-state index in [1.165, 1.54) is 77.0 Å². The number of unbranched alkanes of at least 4 members (excludes halogenated alkanes) is 3. The van der Waals surface area contributed by atoms with Crippen LogP contribution in [-0.4, -0.2) is 0 Å². The summed E-state index contributed by atoms with van der Waals surface area (Å²) in [5.41, 5.74) is 0. The Morgan fingerprint density at radius 1 is 0.500 bits per heavy atom. The zero-order valence-electron chi connectivity index (χ0n) is 44.3. The van der Waals surface area contributed by atoms with Gasteiger partial charge in [-0.05, 0) is 29.6 Å². The molecule has 0 bridgehead atoms. The van der Waals surface area contributed by atoms with E-state index < -0.39 is 19.1 Å². The highest BCUT2D eigenvalue weighted by molar-refractivity contribution is 4.64. The maximum Gasteiger partial charge on any atom is 0.0294 e. The molecule has 0 aliphatic heterocycles. The fourth-order valence-electron chi connectivity index (χ4n) is 2.96. The molecule has 0 aromatic heterocycles. The molecule has 0 spiro atoms. The topological polar surface area (TPSA) is 0 Å². The summed E-state index contributed by atoms with van der Waals surface area (Å²) in [4.78, 5) is 0. The van der Waals surface area contributed by atoms with Crippen LogP contribution < -0.4 is 0 Å². The van der Waals surface area contributed by atoms with Crippen LogP contribution in [-0.2, 0) is 0 Å². The van der Waals surface area contributed by atoms with Crippen LogP contribution in [0.4, 0.5) is 0 Å². The van der Waals surface area contributed by atoms with Gasteiger partial charge >= 0.3 is 0 Å². The second kappa shape index (κ2) is 71.1. The lowest BCUT2D eigenvalue weighted by atomic mass is 9.88. The Hall–Kier alpha value is 0. The maximum absolute atomic E-state index is 7.49. The zero-order chi connectivity index (χ0) is 44.3. The lowest BCUT2D eigenvalue weighted by Crippen LogP contribution is -2.03. The van der Waals surface area contributed by atoms with Gasteiger partial charge in [-0.15, -0.1) is 0 Å². The van der Waals surface area contributed by atoms with Crippen LogP contribution in [0.2, 0.25) is 0 Å². The lowest BCUT2D eigenvalue weighted by Gasteiger charge is -2.18. The first-order valence-electron chi connectivity index (χ1n) is 24.0. The van der Waals surface area contributed by atoms with Crippen LogP contribution in [0.1, 0.15) is 283 Å². The molecule has 2 aliphatic rings. The lowest BCUT2D eigenvalue weighted by molar-refractivity contribution is 0.349. The Labute approximate surface area is 312 Å². The van der Waals surface area contributed by atoms with Gasteiger partial charge in [-0.1, -0.05) is 274 Å². The molecular formula is C46H108. The second-order valence-electron chi connectivity index (χ2n) is 13.7. The van der Waals surface area contributed by atoms with E-state index in [2.05, 4.69) is 83.1 Å². The van der Waals surface area contributed by atoms with Gasteiger partial charge in [0, 0.05) is 9.60 Å². The summed E-state index contributed by atoms with van der Waals surface area (Å²) in [7, 11) is 0. The van der Waals surface area contributed by atoms with Crippen molar-refractivity contribution in [2.45, 2.75) is 274 Å². The predicted molar refractivity (Wildman–Crippen MR) is 229 cm³/mol. The molecule has 0 aromatic carbocycles. The third kappa shape index (κ3) is 130. The molecule has 0 amide bonds. The van der Waals surface area contributed by atoms with Gasteiger partial charge in [0.05, 0.1) is 0 Å². The Kier molecular flexibility index (Phi) is 71.1. The van der Waals surface area contributed by atoms with E-state index in [-0.39, 0.29) is 5.89 Å². The van der Waals surface area contributed by atoms with Gasteiger partial charge in [0.25, 0.3) is 0 Å². The molecule has 0 N–H and O–H groups in total. The Morgan fingerprint density at radius 2 is 0.717 bits per heavy atom. The average molecular weight is 668 g/mol. The summed E-state index contributed by atoms with van der Waals surface area (Å²) in [6.07, 6.45) is 17.7. The summed E-state index contributed by atoms with van der Waals surface area (Å²) >= 11 is 0. The highest BCUT2D eigenvalue weighted by atomic mass is 14.2. The van der Waals surface area contributed by atoms with E-state index in [0.717, 1.165) is 37.5 Å². The molecule has 0 aromatic rings. The molecule has 2 fully saturated rings. The van der Waals surface area contributed by atoms with Gasteiger partial charge in [-0.25, -0.2) is 0 Å². The second-order valence-corrected chi connectivity index (χ2v) is 13.7.